The van der Waals surface area contributed by atoms with E-state index in [0.717, 1.165) is 26.8 Å². The molecule has 96 valence electrons. The van der Waals surface area contributed by atoms with Crippen molar-refractivity contribution < 1.29 is 4.74 Å². The highest BCUT2D eigenvalue weighted by molar-refractivity contribution is 9.10. The zero-order chi connectivity index (χ0) is 13.1. The maximum Gasteiger partial charge on any atom is 0.142 e. The van der Waals surface area contributed by atoms with Gasteiger partial charge in [-0.2, -0.15) is 0 Å². The van der Waals surface area contributed by atoms with Gasteiger partial charge in [0.15, 0.2) is 0 Å². The molecule has 0 aliphatic rings. The Hall–Kier alpha value is -0.710. The number of nitrogens with one attached hydrogen (secondary N) is 1. The monoisotopic (exact) mass is 345 g/mol. The number of anilines is 1. The van der Waals surface area contributed by atoms with E-state index in [0.29, 0.717) is 0 Å². The second-order valence-corrected chi connectivity index (χ2v) is 6.48. The topological polar surface area (TPSA) is 21.3 Å². The van der Waals surface area contributed by atoms with Crippen LogP contribution in [0, 0.1) is 6.92 Å². The van der Waals surface area contributed by atoms with Crippen LogP contribution < -0.4 is 10.1 Å². The van der Waals surface area contributed by atoms with Crippen molar-refractivity contribution in [3.63, 3.8) is 0 Å². The number of benzene rings is 1. The summed E-state index contributed by atoms with van der Waals surface area (Å²) in [5.74, 6) is 0.858. The van der Waals surface area contributed by atoms with E-state index < -0.39 is 0 Å². The molecule has 1 N–H and O–H groups in total. The van der Waals surface area contributed by atoms with Gasteiger partial charge in [0.05, 0.1) is 12.8 Å². The van der Waals surface area contributed by atoms with Crippen LogP contribution in [0.1, 0.15) is 10.4 Å². The summed E-state index contributed by atoms with van der Waals surface area (Å²) in [6, 6.07) is 8.13. The third-order valence-electron chi connectivity index (χ3n) is 2.51. The first-order chi connectivity index (χ1) is 8.60. The maximum atomic E-state index is 6.01. The number of rotatable bonds is 4. The molecule has 0 aliphatic carbocycles. The molecule has 0 saturated carbocycles. The molecule has 1 aromatic carbocycles. The molecule has 1 heterocycles. The molecule has 5 heteroatoms. The normalized spacial score (nSPS) is 10.4. The average Bonchev–Trinajstić information content (AvgIpc) is 2.67. The number of methoxy groups -OCH3 is 1. The SMILES string of the molecule is COc1cc(C)ccc1NCc1cc(Br)c(Cl)s1. The first-order valence-electron chi connectivity index (χ1n) is 5.42. The third kappa shape index (κ3) is 3.19. The van der Waals surface area contributed by atoms with Gasteiger partial charge >= 0.3 is 0 Å². The Bertz CT molecular complexity index is 536. The molecular formula is C13H13BrClNOS. The molecule has 0 aliphatic heterocycles. The Balaban J connectivity index is 2.10. The molecule has 2 aromatic rings. The summed E-state index contributed by atoms with van der Waals surface area (Å²) in [5, 5.41) is 3.35. The zero-order valence-corrected chi connectivity index (χ0v) is 13.2. The highest BCUT2D eigenvalue weighted by Gasteiger charge is 2.06. The predicted octanol–water partition coefficient (Wildman–Crippen LogP) is 5.09. The highest BCUT2D eigenvalue weighted by Crippen LogP contribution is 2.33. The number of thiophene rings is 1. The summed E-state index contributed by atoms with van der Waals surface area (Å²) in [4.78, 5) is 1.18. The highest BCUT2D eigenvalue weighted by atomic mass is 79.9. The van der Waals surface area contributed by atoms with Gasteiger partial charge in [-0.3, -0.25) is 0 Å². The van der Waals surface area contributed by atoms with E-state index in [2.05, 4.69) is 27.3 Å². The van der Waals surface area contributed by atoms with Gasteiger partial charge < -0.3 is 10.1 Å². The third-order valence-corrected chi connectivity index (χ3v) is 4.98. The van der Waals surface area contributed by atoms with Crippen molar-refractivity contribution in [3.05, 3.63) is 43.5 Å². The minimum Gasteiger partial charge on any atom is -0.495 e. The minimum atomic E-state index is 0.732. The fourth-order valence-corrected chi connectivity index (χ4v) is 3.34. The van der Waals surface area contributed by atoms with Crippen molar-refractivity contribution in [2.45, 2.75) is 13.5 Å². The summed E-state index contributed by atoms with van der Waals surface area (Å²) in [5.41, 5.74) is 2.17. The molecule has 0 bridgehead atoms. The van der Waals surface area contributed by atoms with Crippen LogP contribution in [0.4, 0.5) is 5.69 Å². The first kappa shape index (κ1) is 13.7. The molecule has 18 heavy (non-hydrogen) atoms. The second kappa shape index (κ2) is 5.95. The summed E-state index contributed by atoms with van der Waals surface area (Å²) in [7, 11) is 1.68. The van der Waals surface area contributed by atoms with Gasteiger partial charge in [0.2, 0.25) is 0 Å². The molecule has 0 radical (unpaired) electrons. The molecule has 0 atom stereocenters. The lowest BCUT2D eigenvalue weighted by molar-refractivity contribution is 0.416. The lowest BCUT2D eigenvalue weighted by atomic mass is 10.2. The van der Waals surface area contributed by atoms with Crippen molar-refractivity contribution >= 4 is 44.6 Å². The molecular weight excluding hydrogens is 334 g/mol. The Morgan fingerprint density at radius 3 is 2.78 bits per heavy atom. The van der Waals surface area contributed by atoms with Crippen LogP contribution in [0.5, 0.6) is 5.75 Å². The average molecular weight is 347 g/mol. The van der Waals surface area contributed by atoms with Crippen LogP contribution in [-0.2, 0) is 6.54 Å². The van der Waals surface area contributed by atoms with E-state index in [1.54, 1.807) is 18.4 Å². The fourth-order valence-electron chi connectivity index (χ4n) is 1.61. The van der Waals surface area contributed by atoms with Gasteiger partial charge in [0, 0.05) is 15.9 Å². The van der Waals surface area contributed by atoms with E-state index in [1.807, 2.05) is 25.1 Å². The molecule has 2 nitrogen and oxygen atoms in total. The van der Waals surface area contributed by atoms with E-state index >= 15 is 0 Å². The Kier molecular flexibility index (Phi) is 4.54. The summed E-state index contributed by atoms with van der Waals surface area (Å²) in [6.45, 7) is 2.78. The van der Waals surface area contributed by atoms with Gasteiger partial charge in [-0.25, -0.2) is 0 Å². The molecule has 0 unspecified atom stereocenters. The molecule has 0 saturated heterocycles. The molecule has 2 rings (SSSR count). The number of hydrogen-bond acceptors (Lipinski definition) is 3. The Morgan fingerprint density at radius 1 is 1.39 bits per heavy atom. The van der Waals surface area contributed by atoms with E-state index in [1.165, 1.54) is 10.4 Å². The molecule has 0 amide bonds. The smallest absolute Gasteiger partial charge is 0.142 e. The fraction of sp³-hybridized carbons (Fsp3) is 0.231. The Morgan fingerprint density at radius 2 is 2.17 bits per heavy atom. The number of ether oxygens (including phenoxy) is 1. The summed E-state index contributed by atoms with van der Waals surface area (Å²) in [6.07, 6.45) is 0. The number of hydrogen-bond donors (Lipinski definition) is 1. The van der Waals surface area contributed by atoms with Crippen LogP contribution in [0.25, 0.3) is 0 Å². The minimum absolute atomic E-state index is 0.732. The van der Waals surface area contributed by atoms with Crippen molar-refractivity contribution in [1.29, 1.82) is 0 Å². The standard InChI is InChI=1S/C13H13BrClNOS/c1-8-3-4-11(12(5-8)17-2)16-7-9-6-10(14)13(15)18-9/h3-6,16H,7H2,1-2H3. The van der Waals surface area contributed by atoms with Gasteiger partial charge in [0.1, 0.15) is 10.1 Å². The molecule has 0 fully saturated rings. The quantitative estimate of drug-likeness (QED) is 0.832. The van der Waals surface area contributed by atoms with Crippen LogP contribution in [0.15, 0.2) is 28.7 Å². The van der Waals surface area contributed by atoms with Gasteiger partial charge in [-0.05, 0) is 46.6 Å². The van der Waals surface area contributed by atoms with Gasteiger partial charge in [-0.15, -0.1) is 11.3 Å². The molecule has 0 spiro atoms. The van der Waals surface area contributed by atoms with Crippen LogP contribution in [0.2, 0.25) is 4.34 Å². The summed E-state index contributed by atoms with van der Waals surface area (Å²) >= 11 is 11.0. The number of aryl methyl sites for hydroxylation is 1. The molecule has 1 aromatic heterocycles. The Labute approximate surface area is 124 Å². The van der Waals surface area contributed by atoms with Gasteiger partial charge in [0.25, 0.3) is 0 Å². The van der Waals surface area contributed by atoms with E-state index in [9.17, 15) is 0 Å². The zero-order valence-electron chi connectivity index (χ0n) is 10.1. The first-order valence-corrected chi connectivity index (χ1v) is 7.41. The van der Waals surface area contributed by atoms with E-state index in [-0.39, 0.29) is 0 Å². The predicted molar refractivity (Wildman–Crippen MR) is 82.1 cm³/mol. The van der Waals surface area contributed by atoms with Crippen LogP contribution >= 0.6 is 38.9 Å². The van der Waals surface area contributed by atoms with Crippen molar-refractivity contribution in [2.24, 2.45) is 0 Å². The summed E-state index contributed by atoms with van der Waals surface area (Å²) < 4.78 is 7.08. The van der Waals surface area contributed by atoms with Crippen molar-refractivity contribution in [3.8, 4) is 5.75 Å². The lowest BCUT2D eigenvalue weighted by Crippen LogP contribution is -2.00. The van der Waals surface area contributed by atoms with E-state index in [4.69, 9.17) is 16.3 Å². The lowest BCUT2D eigenvalue weighted by Gasteiger charge is -2.11. The van der Waals surface area contributed by atoms with Crippen molar-refractivity contribution in [2.75, 3.05) is 12.4 Å². The second-order valence-electron chi connectivity index (χ2n) is 3.89. The van der Waals surface area contributed by atoms with Gasteiger partial charge in [-0.1, -0.05) is 17.7 Å². The maximum absolute atomic E-state index is 6.01. The largest absolute Gasteiger partial charge is 0.495 e. The van der Waals surface area contributed by atoms with Crippen LogP contribution in [0.3, 0.4) is 0 Å². The van der Waals surface area contributed by atoms with Crippen LogP contribution in [-0.4, -0.2) is 7.11 Å². The number of halogens is 2. The van der Waals surface area contributed by atoms with Crippen molar-refractivity contribution in [1.82, 2.24) is 0 Å².